The van der Waals surface area contributed by atoms with E-state index in [1.54, 1.807) is 12.4 Å². The van der Waals surface area contributed by atoms with Crippen molar-refractivity contribution in [2.45, 2.75) is 32.5 Å². The van der Waals surface area contributed by atoms with Crippen molar-refractivity contribution in [3.63, 3.8) is 0 Å². The van der Waals surface area contributed by atoms with Crippen LogP contribution in [0.5, 0.6) is 0 Å². The molecule has 6 heteroatoms. The standard InChI is InChI=1S/C22H22F3N3/c1-15(2)12-20(16-6-4-3-5-7-16)28-19-13-26-21(27-14-19)17-8-10-18(11-9-17)22(23,24)25/h3-11,13-15,20,28H,12H2,1-2H3. The molecule has 1 aromatic heterocycles. The number of benzene rings is 2. The Morgan fingerprint density at radius 3 is 2.04 bits per heavy atom. The van der Waals surface area contributed by atoms with Crippen LogP contribution in [0.4, 0.5) is 18.9 Å². The van der Waals surface area contributed by atoms with Gasteiger partial charge in [-0.15, -0.1) is 0 Å². The molecule has 0 aliphatic rings. The van der Waals surface area contributed by atoms with Gasteiger partial charge < -0.3 is 5.32 Å². The van der Waals surface area contributed by atoms with Gasteiger partial charge >= 0.3 is 6.18 Å². The molecular weight excluding hydrogens is 363 g/mol. The topological polar surface area (TPSA) is 37.8 Å². The second-order valence-electron chi connectivity index (χ2n) is 7.11. The number of hydrogen-bond donors (Lipinski definition) is 1. The lowest BCUT2D eigenvalue weighted by Gasteiger charge is -2.22. The minimum atomic E-state index is -4.35. The first-order chi connectivity index (χ1) is 13.3. The second-order valence-corrected chi connectivity index (χ2v) is 7.11. The van der Waals surface area contributed by atoms with Gasteiger partial charge in [-0.1, -0.05) is 56.3 Å². The zero-order valence-electron chi connectivity index (χ0n) is 15.7. The Morgan fingerprint density at radius 2 is 1.50 bits per heavy atom. The largest absolute Gasteiger partial charge is 0.416 e. The predicted molar refractivity (Wildman–Crippen MR) is 105 cm³/mol. The van der Waals surface area contributed by atoms with E-state index in [4.69, 9.17) is 0 Å². The lowest BCUT2D eigenvalue weighted by Crippen LogP contribution is -2.13. The van der Waals surface area contributed by atoms with Gasteiger partial charge in [0.25, 0.3) is 0 Å². The number of rotatable bonds is 6. The zero-order chi connectivity index (χ0) is 20.1. The molecule has 0 bridgehead atoms. The fourth-order valence-corrected chi connectivity index (χ4v) is 3.00. The third kappa shape index (κ3) is 5.09. The molecule has 3 aromatic rings. The average molecular weight is 385 g/mol. The van der Waals surface area contributed by atoms with E-state index < -0.39 is 11.7 Å². The van der Waals surface area contributed by atoms with Gasteiger partial charge in [-0.2, -0.15) is 13.2 Å². The Morgan fingerprint density at radius 1 is 0.893 bits per heavy atom. The average Bonchev–Trinajstić information content (AvgIpc) is 2.68. The number of halogens is 3. The predicted octanol–water partition coefficient (Wildman–Crippen LogP) is 6.36. The molecule has 1 heterocycles. The van der Waals surface area contributed by atoms with Crippen molar-refractivity contribution in [3.8, 4) is 11.4 Å². The third-order valence-corrected chi connectivity index (χ3v) is 4.37. The normalized spacial score (nSPS) is 12.8. The van der Waals surface area contributed by atoms with E-state index in [1.807, 2.05) is 18.2 Å². The minimum Gasteiger partial charge on any atom is -0.376 e. The molecule has 146 valence electrons. The van der Waals surface area contributed by atoms with Crippen LogP contribution in [-0.2, 0) is 6.18 Å². The van der Waals surface area contributed by atoms with Crippen LogP contribution in [0.3, 0.4) is 0 Å². The van der Waals surface area contributed by atoms with Crippen LogP contribution in [0, 0.1) is 5.92 Å². The van der Waals surface area contributed by atoms with Crippen molar-refractivity contribution in [1.82, 2.24) is 9.97 Å². The van der Waals surface area contributed by atoms with Crippen LogP contribution in [0.1, 0.15) is 37.4 Å². The summed E-state index contributed by atoms with van der Waals surface area (Å²) in [6.07, 6.45) is -0.0762. The Hall–Kier alpha value is -2.89. The molecule has 0 radical (unpaired) electrons. The van der Waals surface area contributed by atoms with Gasteiger partial charge in [-0.05, 0) is 30.0 Å². The number of aromatic nitrogens is 2. The van der Waals surface area contributed by atoms with Gasteiger partial charge in [0, 0.05) is 5.56 Å². The molecule has 3 rings (SSSR count). The van der Waals surface area contributed by atoms with Gasteiger partial charge in [0.2, 0.25) is 0 Å². The molecule has 0 amide bonds. The highest BCUT2D eigenvalue weighted by atomic mass is 19.4. The first-order valence-electron chi connectivity index (χ1n) is 9.14. The Balaban J connectivity index is 1.76. The fourth-order valence-electron chi connectivity index (χ4n) is 3.00. The van der Waals surface area contributed by atoms with E-state index in [0.717, 1.165) is 24.2 Å². The first kappa shape index (κ1) is 19.9. The van der Waals surface area contributed by atoms with E-state index in [9.17, 15) is 13.2 Å². The third-order valence-electron chi connectivity index (χ3n) is 4.37. The molecule has 1 atom stereocenters. The van der Waals surface area contributed by atoms with E-state index >= 15 is 0 Å². The maximum absolute atomic E-state index is 12.7. The minimum absolute atomic E-state index is 0.127. The number of alkyl halides is 3. The monoisotopic (exact) mass is 385 g/mol. The molecule has 1 N–H and O–H groups in total. The summed E-state index contributed by atoms with van der Waals surface area (Å²) in [7, 11) is 0. The highest BCUT2D eigenvalue weighted by Crippen LogP contribution is 2.30. The highest BCUT2D eigenvalue weighted by Gasteiger charge is 2.30. The van der Waals surface area contributed by atoms with E-state index in [-0.39, 0.29) is 6.04 Å². The summed E-state index contributed by atoms with van der Waals surface area (Å²) >= 11 is 0. The quantitative estimate of drug-likeness (QED) is 0.536. The van der Waals surface area contributed by atoms with Crippen LogP contribution >= 0.6 is 0 Å². The van der Waals surface area contributed by atoms with Gasteiger partial charge in [-0.25, -0.2) is 9.97 Å². The van der Waals surface area contributed by atoms with Gasteiger partial charge in [-0.3, -0.25) is 0 Å². The number of anilines is 1. The summed E-state index contributed by atoms with van der Waals surface area (Å²) in [6.45, 7) is 4.34. The van der Waals surface area contributed by atoms with Crippen molar-refractivity contribution in [3.05, 3.63) is 78.1 Å². The van der Waals surface area contributed by atoms with Crippen LogP contribution in [0.15, 0.2) is 67.0 Å². The van der Waals surface area contributed by atoms with Crippen LogP contribution in [0.25, 0.3) is 11.4 Å². The number of nitrogens with one attached hydrogen (secondary N) is 1. The number of nitrogens with zero attached hydrogens (tertiary/aromatic N) is 2. The van der Waals surface area contributed by atoms with Gasteiger partial charge in [0.1, 0.15) is 0 Å². The highest BCUT2D eigenvalue weighted by molar-refractivity contribution is 5.57. The summed E-state index contributed by atoms with van der Waals surface area (Å²) < 4.78 is 38.1. The van der Waals surface area contributed by atoms with Crippen molar-refractivity contribution in [1.29, 1.82) is 0 Å². The Kier molecular flexibility index (Phi) is 5.97. The molecule has 0 fully saturated rings. The van der Waals surface area contributed by atoms with Crippen LogP contribution in [0.2, 0.25) is 0 Å². The maximum Gasteiger partial charge on any atom is 0.416 e. The molecule has 0 spiro atoms. The first-order valence-corrected chi connectivity index (χ1v) is 9.14. The van der Waals surface area contributed by atoms with E-state index in [1.165, 1.54) is 17.7 Å². The Labute approximate surface area is 162 Å². The molecule has 2 aromatic carbocycles. The molecule has 0 saturated heterocycles. The molecule has 0 saturated carbocycles. The fraction of sp³-hybridized carbons (Fsp3) is 0.273. The molecule has 28 heavy (non-hydrogen) atoms. The van der Waals surface area contributed by atoms with Gasteiger partial charge in [0.15, 0.2) is 5.82 Å². The Bertz CT molecular complexity index is 874. The summed E-state index contributed by atoms with van der Waals surface area (Å²) in [5, 5.41) is 3.46. The van der Waals surface area contributed by atoms with E-state index in [0.29, 0.717) is 17.3 Å². The molecule has 1 unspecified atom stereocenters. The number of hydrogen-bond acceptors (Lipinski definition) is 3. The van der Waals surface area contributed by atoms with Crippen LogP contribution in [-0.4, -0.2) is 9.97 Å². The molecular formula is C22H22F3N3. The van der Waals surface area contributed by atoms with Crippen molar-refractivity contribution in [2.24, 2.45) is 5.92 Å². The van der Waals surface area contributed by atoms with Crippen molar-refractivity contribution < 1.29 is 13.2 Å². The van der Waals surface area contributed by atoms with Crippen LogP contribution < -0.4 is 5.32 Å². The molecule has 3 nitrogen and oxygen atoms in total. The summed E-state index contributed by atoms with van der Waals surface area (Å²) in [5.41, 5.74) is 1.81. The van der Waals surface area contributed by atoms with Crippen molar-refractivity contribution in [2.75, 3.05) is 5.32 Å². The zero-order valence-corrected chi connectivity index (χ0v) is 15.7. The summed E-state index contributed by atoms with van der Waals surface area (Å²) in [6, 6.07) is 15.1. The molecule has 0 aliphatic heterocycles. The smallest absolute Gasteiger partial charge is 0.376 e. The SMILES string of the molecule is CC(C)CC(Nc1cnc(-c2ccc(C(F)(F)F)cc2)nc1)c1ccccc1. The second kappa shape index (κ2) is 8.42. The molecule has 0 aliphatic carbocycles. The summed E-state index contributed by atoms with van der Waals surface area (Å²) in [5.74, 6) is 0.893. The maximum atomic E-state index is 12.7. The lowest BCUT2D eigenvalue weighted by molar-refractivity contribution is -0.137. The van der Waals surface area contributed by atoms with Crippen molar-refractivity contribution >= 4 is 5.69 Å². The lowest BCUT2D eigenvalue weighted by atomic mass is 9.97. The van der Waals surface area contributed by atoms with Gasteiger partial charge in [0.05, 0.1) is 29.7 Å². The van der Waals surface area contributed by atoms with E-state index in [2.05, 4.69) is 41.3 Å². The summed E-state index contributed by atoms with van der Waals surface area (Å²) in [4.78, 5) is 8.62.